The van der Waals surface area contributed by atoms with Crippen LogP contribution in [0.5, 0.6) is 0 Å². The van der Waals surface area contributed by atoms with Crippen LogP contribution in [0.1, 0.15) is 25.7 Å². The summed E-state index contributed by atoms with van der Waals surface area (Å²) in [5.74, 6) is -0.397. The number of amides is 2. The summed E-state index contributed by atoms with van der Waals surface area (Å²) in [7, 11) is 1.54. The van der Waals surface area contributed by atoms with E-state index in [2.05, 4.69) is 5.32 Å². The summed E-state index contributed by atoms with van der Waals surface area (Å²) in [6.07, 6.45) is 3.73. The Labute approximate surface area is 106 Å². The van der Waals surface area contributed by atoms with Crippen molar-refractivity contribution in [3.8, 4) is 0 Å². The zero-order valence-corrected chi connectivity index (χ0v) is 10.6. The van der Waals surface area contributed by atoms with Crippen LogP contribution in [0.15, 0.2) is 0 Å². The molecule has 0 aromatic carbocycles. The van der Waals surface area contributed by atoms with Crippen LogP contribution >= 0.6 is 0 Å². The van der Waals surface area contributed by atoms with Gasteiger partial charge in [-0.05, 0) is 18.8 Å². The van der Waals surface area contributed by atoms with E-state index < -0.39 is 12.0 Å². The van der Waals surface area contributed by atoms with Crippen molar-refractivity contribution in [3.63, 3.8) is 0 Å². The molecule has 2 rings (SSSR count). The largest absolute Gasteiger partial charge is 0.480 e. The van der Waals surface area contributed by atoms with Gasteiger partial charge >= 0.3 is 12.0 Å². The average Bonchev–Trinajstić information content (AvgIpc) is 2.70. The second-order valence-electron chi connectivity index (χ2n) is 5.08. The van der Waals surface area contributed by atoms with Gasteiger partial charge in [-0.2, -0.15) is 0 Å². The molecule has 2 N–H and O–H groups in total. The Bertz CT molecular complexity index is 330. The molecule has 2 fully saturated rings. The Morgan fingerprint density at radius 2 is 2.17 bits per heavy atom. The highest BCUT2D eigenvalue weighted by atomic mass is 16.5. The number of nitrogens with zero attached hydrogens (tertiary/aromatic N) is 1. The van der Waals surface area contributed by atoms with Crippen LogP contribution in [-0.2, 0) is 9.53 Å². The van der Waals surface area contributed by atoms with Gasteiger partial charge in [0.1, 0.15) is 6.04 Å². The lowest BCUT2D eigenvalue weighted by Gasteiger charge is -2.28. The van der Waals surface area contributed by atoms with Crippen molar-refractivity contribution in [2.45, 2.75) is 37.8 Å². The molecule has 0 aromatic heterocycles. The predicted molar refractivity (Wildman–Crippen MR) is 64.3 cm³/mol. The van der Waals surface area contributed by atoms with E-state index in [4.69, 9.17) is 9.84 Å². The summed E-state index contributed by atoms with van der Waals surface area (Å²) in [5, 5.41) is 11.9. The number of ether oxygens (including phenoxy) is 1. The number of aliphatic carboxylic acids is 1. The smallest absolute Gasteiger partial charge is 0.326 e. The maximum Gasteiger partial charge on any atom is 0.326 e. The van der Waals surface area contributed by atoms with Gasteiger partial charge < -0.3 is 20.1 Å². The quantitative estimate of drug-likeness (QED) is 0.775. The van der Waals surface area contributed by atoms with E-state index >= 15 is 0 Å². The third kappa shape index (κ3) is 2.75. The maximum atomic E-state index is 12.0. The van der Waals surface area contributed by atoms with Crippen LogP contribution in [0.4, 0.5) is 4.79 Å². The van der Waals surface area contributed by atoms with E-state index in [1.54, 1.807) is 7.11 Å². The van der Waals surface area contributed by atoms with Gasteiger partial charge in [0.2, 0.25) is 0 Å². The van der Waals surface area contributed by atoms with E-state index in [9.17, 15) is 9.59 Å². The van der Waals surface area contributed by atoms with Crippen molar-refractivity contribution in [1.29, 1.82) is 0 Å². The minimum Gasteiger partial charge on any atom is -0.480 e. The number of hydrogen-bond donors (Lipinski definition) is 2. The summed E-state index contributed by atoms with van der Waals surface area (Å²) >= 11 is 0. The van der Waals surface area contributed by atoms with Crippen molar-refractivity contribution in [1.82, 2.24) is 10.2 Å². The fourth-order valence-corrected chi connectivity index (χ4v) is 2.46. The molecular weight excluding hydrogens is 236 g/mol. The molecular formula is C12H20N2O4. The molecule has 0 bridgehead atoms. The molecule has 2 aliphatic rings. The first-order chi connectivity index (χ1) is 8.61. The molecule has 1 saturated heterocycles. The van der Waals surface area contributed by atoms with Crippen LogP contribution in [0.2, 0.25) is 0 Å². The molecule has 0 radical (unpaired) electrons. The third-order valence-corrected chi connectivity index (χ3v) is 3.91. The minimum absolute atomic E-state index is 0.180. The van der Waals surface area contributed by atoms with Gasteiger partial charge in [0, 0.05) is 26.6 Å². The lowest BCUT2D eigenvalue weighted by Crippen LogP contribution is -2.47. The van der Waals surface area contributed by atoms with Crippen molar-refractivity contribution < 1.29 is 19.4 Å². The molecule has 1 aliphatic heterocycles. The molecule has 2 amide bonds. The molecule has 1 aliphatic carbocycles. The minimum atomic E-state index is -0.964. The van der Waals surface area contributed by atoms with Gasteiger partial charge in [0.15, 0.2) is 0 Å². The fourth-order valence-electron chi connectivity index (χ4n) is 2.46. The lowest BCUT2D eigenvalue weighted by atomic mass is 9.85. The molecule has 2 unspecified atom stereocenters. The molecule has 18 heavy (non-hydrogen) atoms. The van der Waals surface area contributed by atoms with Gasteiger partial charge in [-0.15, -0.1) is 0 Å². The van der Waals surface area contributed by atoms with Crippen molar-refractivity contribution in [2.75, 3.05) is 20.2 Å². The number of carbonyl (C=O) groups excluding carboxylic acids is 1. The van der Waals surface area contributed by atoms with E-state index in [0.717, 1.165) is 12.8 Å². The standard InChI is InChI=1S/C12H20N2O4/c1-18-9-5-10(11(15)16)14(7-9)12(17)13-6-8-3-2-4-8/h8-10H,2-7H2,1H3,(H,13,17)(H,15,16). The maximum absolute atomic E-state index is 12.0. The monoisotopic (exact) mass is 256 g/mol. The molecule has 1 heterocycles. The normalized spacial score (nSPS) is 27.9. The number of carboxylic acids is 1. The molecule has 0 aromatic rings. The zero-order valence-electron chi connectivity index (χ0n) is 10.6. The predicted octanol–water partition coefficient (Wildman–Crippen LogP) is 0.670. The van der Waals surface area contributed by atoms with Crippen LogP contribution in [0.25, 0.3) is 0 Å². The van der Waals surface area contributed by atoms with Crippen LogP contribution in [0.3, 0.4) is 0 Å². The third-order valence-electron chi connectivity index (χ3n) is 3.91. The number of likely N-dealkylation sites (tertiary alicyclic amines) is 1. The molecule has 6 heteroatoms. The number of carbonyl (C=O) groups is 2. The van der Waals surface area contributed by atoms with E-state index in [-0.39, 0.29) is 12.1 Å². The molecule has 6 nitrogen and oxygen atoms in total. The highest BCUT2D eigenvalue weighted by Crippen LogP contribution is 2.25. The highest BCUT2D eigenvalue weighted by Gasteiger charge is 2.39. The summed E-state index contributed by atoms with van der Waals surface area (Å²) in [6, 6.07) is -1.05. The van der Waals surface area contributed by atoms with Crippen molar-refractivity contribution >= 4 is 12.0 Å². The number of urea groups is 1. The average molecular weight is 256 g/mol. The van der Waals surface area contributed by atoms with Gasteiger partial charge in [-0.1, -0.05) is 6.42 Å². The van der Waals surface area contributed by atoms with Gasteiger partial charge in [0.25, 0.3) is 0 Å². The molecule has 1 saturated carbocycles. The number of methoxy groups -OCH3 is 1. The number of rotatable bonds is 4. The Kier molecular flexibility index (Phi) is 4.06. The van der Waals surface area contributed by atoms with Gasteiger partial charge in [-0.3, -0.25) is 0 Å². The van der Waals surface area contributed by atoms with Crippen molar-refractivity contribution in [2.24, 2.45) is 5.92 Å². The summed E-state index contributed by atoms with van der Waals surface area (Å²) in [6.45, 7) is 1.00. The lowest BCUT2D eigenvalue weighted by molar-refractivity contribution is -0.141. The molecule has 2 atom stereocenters. The van der Waals surface area contributed by atoms with Crippen LogP contribution in [0, 0.1) is 5.92 Å². The summed E-state index contributed by atoms with van der Waals surface area (Å²) < 4.78 is 5.14. The Balaban J connectivity index is 1.87. The van der Waals surface area contributed by atoms with Gasteiger partial charge in [0.05, 0.1) is 6.10 Å². The Hall–Kier alpha value is -1.30. The number of carboxylic acid groups (broad SMARTS) is 1. The fraction of sp³-hybridized carbons (Fsp3) is 0.833. The summed E-state index contributed by atoms with van der Waals surface area (Å²) in [5.41, 5.74) is 0. The second kappa shape index (κ2) is 5.56. The van der Waals surface area contributed by atoms with E-state index in [0.29, 0.717) is 25.4 Å². The number of nitrogens with one attached hydrogen (secondary N) is 1. The summed E-state index contributed by atoms with van der Waals surface area (Å²) in [4.78, 5) is 24.4. The second-order valence-corrected chi connectivity index (χ2v) is 5.08. The Morgan fingerprint density at radius 3 is 2.67 bits per heavy atom. The zero-order chi connectivity index (χ0) is 13.1. The SMILES string of the molecule is COC1CC(C(=O)O)N(C(=O)NCC2CCC2)C1. The van der Waals surface area contributed by atoms with E-state index in [1.807, 2.05) is 0 Å². The first-order valence-corrected chi connectivity index (χ1v) is 6.42. The molecule has 102 valence electrons. The molecule has 0 spiro atoms. The van der Waals surface area contributed by atoms with E-state index in [1.165, 1.54) is 11.3 Å². The number of hydrogen-bond acceptors (Lipinski definition) is 3. The Morgan fingerprint density at radius 1 is 1.44 bits per heavy atom. The highest BCUT2D eigenvalue weighted by molar-refractivity contribution is 5.83. The van der Waals surface area contributed by atoms with Crippen molar-refractivity contribution in [3.05, 3.63) is 0 Å². The first-order valence-electron chi connectivity index (χ1n) is 6.42. The first kappa shape index (κ1) is 13.1. The van der Waals surface area contributed by atoms with Gasteiger partial charge in [-0.25, -0.2) is 9.59 Å². The van der Waals surface area contributed by atoms with Crippen LogP contribution in [-0.4, -0.2) is 54.4 Å². The van der Waals surface area contributed by atoms with Crippen LogP contribution < -0.4 is 5.32 Å². The topological polar surface area (TPSA) is 78.9 Å².